The van der Waals surface area contributed by atoms with Gasteiger partial charge in [-0.2, -0.15) is 4.31 Å². The van der Waals surface area contributed by atoms with Crippen molar-refractivity contribution in [3.8, 4) is 11.5 Å². The van der Waals surface area contributed by atoms with Gasteiger partial charge in [0.15, 0.2) is 0 Å². The molecule has 0 aliphatic heterocycles. The molecular formula is C20H26N2O5S. The predicted molar refractivity (Wildman–Crippen MR) is 107 cm³/mol. The minimum absolute atomic E-state index is 0.0790. The number of methoxy groups -OCH3 is 2. The number of carbonyl (C=O) groups excluding carboxylic acids is 1. The minimum Gasteiger partial charge on any atom is -0.497 e. The molecule has 1 N–H and O–H groups in total. The van der Waals surface area contributed by atoms with Gasteiger partial charge in [-0.05, 0) is 50.2 Å². The van der Waals surface area contributed by atoms with Crippen LogP contribution in [0.4, 0.5) is 0 Å². The average Bonchev–Trinajstić information content (AvgIpc) is 2.70. The summed E-state index contributed by atoms with van der Waals surface area (Å²) in [6.45, 7) is 3.79. The molecule has 0 bridgehead atoms. The van der Waals surface area contributed by atoms with Crippen LogP contribution in [0.3, 0.4) is 0 Å². The van der Waals surface area contributed by atoms with Crippen molar-refractivity contribution in [2.45, 2.75) is 31.3 Å². The number of benzene rings is 2. The summed E-state index contributed by atoms with van der Waals surface area (Å²) in [6.07, 6.45) is 0. The number of carbonyl (C=O) groups is 1. The molecule has 0 saturated heterocycles. The molecule has 28 heavy (non-hydrogen) atoms. The van der Waals surface area contributed by atoms with E-state index in [-0.39, 0.29) is 29.0 Å². The van der Waals surface area contributed by atoms with E-state index in [1.54, 1.807) is 58.4 Å². The van der Waals surface area contributed by atoms with Crippen molar-refractivity contribution in [2.24, 2.45) is 0 Å². The summed E-state index contributed by atoms with van der Waals surface area (Å²) in [5, 5.41) is 2.79. The average molecular weight is 407 g/mol. The highest BCUT2D eigenvalue weighted by Gasteiger charge is 2.24. The molecule has 0 fully saturated rings. The van der Waals surface area contributed by atoms with E-state index >= 15 is 0 Å². The Morgan fingerprint density at radius 3 is 2.43 bits per heavy atom. The van der Waals surface area contributed by atoms with Crippen molar-refractivity contribution in [3.05, 3.63) is 53.6 Å². The standard InChI is InChI=1S/C20H26N2O5S/c1-14(2)22(3)28(24,25)18-8-6-7-15(12-18)20(23)21-13-16-11-17(26-4)9-10-19(16)27-5/h6-12,14H,13H2,1-5H3,(H,21,23). The van der Waals surface area contributed by atoms with Crippen LogP contribution in [-0.2, 0) is 16.6 Å². The molecule has 0 atom stereocenters. The number of nitrogens with zero attached hydrogens (tertiary/aromatic N) is 1. The normalized spacial score (nSPS) is 11.5. The number of rotatable bonds is 8. The molecular weight excluding hydrogens is 380 g/mol. The van der Waals surface area contributed by atoms with Gasteiger partial charge < -0.3 is 14.8 Å². The van der Waals surface area contributed by atoms with Gasteiger partial charge in [-0.3, -0.25) is 4.79 Å². The predicted octanol–water partition coefficient (Wildman–Crippen LogP) is 2.66. The summed E-state index contributed by atoms with van der Waals surface area (Å²) in [4.78, 5) is 12.6. The van der Waals surface area contributed by atoms with Crippen LogP contribution in [0, 0.1) is 0 Å². The lowest BCUT2D eigenvalue weighted by molar-refractivity contribution is 0.0950. The zero-order valence-electron chi connectivity index (χ0n) is 16.7. The highest BCUT2D eigenvalue weighted by molar-refractivity contribution is 7.89. The van der Waals surface area contributed by atoms with E-state index in [2.05, 4.69) is 5.32 Å². The van der Waals surface area contributed by atoms with Crippen LogP contribution >= 0.6 is 0 Å². The van der Waals surface area contributed by atoms with E-state index in [1.807, 2.05) is 0 Å². The highest BCUT2D eigenvalue weighted by atomic mass is 32.2. The summed E-state index contributed by atoms with van der Waals surface area (Å²) < 4.78 is 37.1. The summed E-state index contributed by atoms with van der Waals surface area (Å²) in [7, 11) is 0.960. The second-order valence-corrected chi connectivity index (χ2v) is 8.50. The molecule has 0 aliphatic rings. The molecule has 2 aromatic rings. The fourth-order valence-electron chi connectivity index (χ4n) is 2.54. The lowest BCUT2D eigenvalue weighted by Gasteiger charge is -2.21. The molecule has 0 saturated carbocycles. The molecule has 152 valence electrons. The van der Waals surface area contributed by atoms with Crippen molar-refractivity contribution < 1.29 is 22.7 Å². The number of hydrogen-bond acceptors (Lipinski definition) is 5. The first kappa shape index (κ1) is 21.7. The number of sulfonamides is 1. The second-order valence-electron chi connectivity index (χ2n) is 6.50. The largest absolute Gasteiger partial charge is 0.497 e. The van der Waals surface area contributed by atoms with Crippen LogP contribution in [-0.4, -0.2) is 45.9 Å². The number of ether oxygens (including phenoxy) is 2. The smallest absolute Gasteiger partial charge is 0.251 e. The topological polar surface area (TPSA) is 84.9 Å². The quantitative estimate of drug-likeness (QED) is 0.729. The Bertz CT molecular complexity index is 941. The Kier molecular flexibility index (Phi) is 7.04. The zero-order valence-corrected chi connectivity index (χ0v) is 17.5. The van der Waals surface area contributed by atoms with Crippen molar-refractivity contribution in [1.82, 2.24) is 9.62 Å². The summed E-state index contributed by atoms with van der Waals surface area (Å²) in [5.74, 6) is 0.889. The molecule has 2 aromatic carbocycles. The van der Waals surface area contributed by atoms with Gasteiger partial charge in [0.05, 0.1) is 19.1 Å². The Labute approximate surface area is 166 Å². The number of nitrogens with one attached hydrogen (secondary N) is 1. The molecule has 0 radical (unpaired) electrons. The summed E-state index contributed by atoms with van der Waals surface area (Å²) in [6, 6.07) is 11.1. The van der Waals surface area contributed by atoms with Gasteiger partial charge in [0.2, 0.25) is 10.0 Å². The van der Waals surface area contributed by atoms with E-state index in [9.17, 15) is 13.2 Å². The van der Waals surface area contributed by atoms with Crippen molar-refractivity contribution in [2.75, 3.05) is 21.3 Å². The molecule has 7 nitrogen and oxygen atoms in total. The third-order valence-corrected chi connectivity index (χ3v) is 6.46. The van der Waals surface area contributed by atoms with Crippen molar-refractivity contribution >= 4 is 15.9 Å². The maximum Gasteiger partial charge on any atom is 0.251 e. The molecule has 0 aromatic heterocycles. The first-order chi connectivity index (χ1) is 13.2. The van der Waals surface area contributed by atoms with Crippen LogP contribution in [0.15, 0.2) is 47.4 Å². The summed E-state index contributed by atoms with van der Waals surface area (Å²) in [5.41, 5.74) is 1.01. The van der Waals surface area contributed by atoms with Crippen LogP contribution in [0.5, 0.6) is 11.5 Å². The number of amides is 1. The lowest BCUT2D eigenvalue weighted by Crippen LogP contribution is -2.33. The fraction of sp³-hybridized carbons (Fsp3) is 0.350. The molecule has 2 rings (SSSR count). The van der Waals surface area contributed by atoms with E-state index in [0.29, 0.717) is 11.5 Å². The van der Waals surface area contributed by atoms with E-state index < -0.39 is 10.0 Å². The van der Waals surface area contributed by atoms with Gasteiger partial charge in [-0.1, -0.05) is 6.07 Å². The third-order valence-electron chi connectivity index (χ3n) is 4.43. The van der Waals surface area contributed by atoms with Gasteiger partial charge in [-0.25, -0.2) is 8.42 Å². The van der Waals surface area contributed by atoms with Crippen LogP contribution < -0.4 is 14.8 Å². The van der Waals surface area contributed by atoms with Crippen molar-refractivity contribution in [3.63, 3.8) is 0 Å². The Balaban J connectivity index is 2.20. The molecule has 0 spiro atoms. The SMILES string of the molecule is COc1ccc(OC)c(CNC(=O)c2cccc(S(=O)(=O)N(C)C(C)C)c2)c1. The van der Waals surface area contributed by atoms with Gasteiger partial charge >= 0.3 is 0 Å². The first-order valence-electron chi connectivity index (χ1n) is 8.78. The number of hydrogen-bond donors (Lipinski definition) is 1. The van der Waals surface area contributed by atoms with Gasteiger partial charge in [0.25, 0.3) is 5.91 Å². The Hall–Kier alpha value is -2.58. The monoisotopic (exact) mass is 406 g/mol. The third kappa shape index (κ3) is 4.82. The molecule has 8 heteroatoms. The summed E-state index contributed by atoms with van der Waals surface area (Å²) >= 11 is 0. The first-order valence-corrected chi connectivity index (χ1v) is 10.2. The molecule has 1 amide bonds. The molecule has 0 heterocycles. The van der Waals surface area contributed by atoms with Crippen LogP contribution in [0.1, 0.15) is 29.8 Å². The highest BCUT2D eigenvalue weighted by Crippen LogP contribution is 2.24. The zero-order chi connectivity index (χ0) is 20.9. The van der Waals surface area contributed by atoms with Gasteiger partial charge in [0, 0.05) is 30.8 Å². The van der Waals surface area contributed by atoms with E-state index in [0.717, 1.165) is 5.56 Å². The molecule has 0 unspecified atom stereocenters. The van der Waals surface area contributed by atoms with E-state index in [4.69, 9.17) is 9.47 Å². The fourth-order valence-corrected chi connectivity index (χ4v) is 3.95. The van der Waals surface area contributed by atoms with E-state index in [1.165, 1.54) is 23.5 Å². The van der Waals surface area contributed by atoms with Gasteiger partial charge in [0.1, 0.15) is 11.5 Å². The molecule has 0 aliphatic carbocycles. The van der Waals surface area contributed by atoms with Crippen LogP contribution in [0.25, 0.3) is 0 Å². The Morgan fingerprint density at radius 1 is 1.11 bits per heavy atom. The minimum atomic E-state index is -3.66. The van der Waals surface area contributed by atoms with Gasteiger partial charge in [-0.15, -0.1) is 0 Å². The lowest BCUT2D eigenvalue weighted by atomic mass is 10.1. The second kappa shape index (κ2) is 9.07. The maximum atomic E-state index is 12.6. The van der Waals surface area contributed by atoms with Crippen LogP contribution in [0.2, 0.25) is 0 Å². The Morgan fingerprint density at radius 2 is 1.82 bits per heavy atom. The van der Waals surface area contributed by atoms with Crippen molar-refractivity contribution in [1.29, 1.82) is 0 Å². The maximum absolute atomic E-state index is 12.6.